The van der Waals surface area contributed by atoms with Gasteiger partial charge >= 0.3 is 5.97 Å². The molecule has 0 saturated heterocycles. The number of carboxylic acid groups (broad SMARTS) is 1. The lowest BCUT2D eigenvalue weighted by atomic mass is 10.0. The van der Waals surface area contributed by atoms with Crippen LogP contribution in [0.4, 0.5) is 0 Å². The Morgan fingerprint density at radius 3 is 2.75 bits per heavy atom. The van der Waals surface area contributed by atoms with Crippen LogP contribution in [0.15, 0.2) is 24.3 Å². The number of carbonyl (C=O) groups excluding carboxylic acids is 1. The van der Waals surface area contributed by atoms with Crippen molar-refractivity contribution in [3.8, 4) is 5.75 Å². The summed E-state index contributed by atoms with van der Waals surface area (Å²) in [4.78, 5) is 28.1. The van der Waals surface area contributed by atoms with Crippen molar-refractivity contribution in [1.29, 1.82) is 0 Å². The molecule has 1 atom stereocenters. The molecule has 1 heterocycles. The van der Waals surface area contributed by atoms with Crippen molar-refractivity contribution in [1.82, 2.24) is 10.3 Å². The molecule has 1 aliphatic rings. The van der Waals surface area contributed by atoms with E-state index in [1.165, 1.54) is 0 Å². The molecule has 0 aliphatic heterocycles. The van der Waals surface area contributed by atoms with Gasteiger partial charge in [0.25, 0.3) is 5.91 Å². The van der Waals surface area contributed by atoms with Crippen molar-refractivity contribution in [3.05, 3.63) is 35.5 Å². The first-order valence-corrected chi connectivity index (χ1v) is 7.99. The van der Waals surface area contributed by atoms with E-state index >= 15 is 0 Å². The number of benzene rings is 1. The van der Waals surface area contributed by atoms with Gasteiger partial charge in [-0.15, -0.1) is 0 Å². The highest BCUT2D eigenvalue weighted by Gasteiger charge is 2.27. The van der Waals surface area contributed by atoms with E-state index < -0.39 is 12.0 Å². The Kier molecular flexibility index (Phi) is 4.38. The topological polar surface area (TPSA) is 88.5 Å². The van der Waals surface area contributed by atoms with Crippen LogP contribution in [-0.4, -0.2) is 35.1 Å². The molecule has 126 valence electrons. The number of hydrogen-bond acceptors (Lipinski definition) is 4. The molecule has 0 spiro atoms. The third-order valence-electron chi connectivity index (χ3n) is 4.13. The van der Waals surface area contributed by atoms with Gasteiger partial charge < -0.3 is 15.2 Å². The highest BCUT2D eigenvalue weighted by molar-refractivity contribution is 6.06. The number of aliphatic carboxylic acids is 1. The van der Waals surface area contributed by atoms with E-state index in [0.29, 0.717) is 22.6 Å². The molecule has 6 heteroatoms. The van der Waals surface area contributed by atoms with Gasteiger partial charge in [0.05, 0.1) is 24.6 Å². The minimum Gasteiger partial charge on any atom is -0.497 e. The van der Waals surface area contributed by atoms with E-state index in [1.807, 2.05) is 18.2 Å². The van der Waals surface area contributed by atoms with Gasteiger partial charge in [-0.3, -0.25) is 14.6 Å². The summed E-state index contributed by atoms with van der Waals surface area (Å²) in [6.07, 6.45) is 2.06. The van der Waals surface area contributed by atoms with Crippen LogP contribution in [-0.2, 0) is 4.79 Å². The van der Waals surface area contributed by atoms with E-state index in [1.54, 1.807) is 20.1 Å². The molecule has 0 radical (unpaired) electrons. The summed E-state index contributed by atoms with van der Waals surface area (Å²) in [6, 6.07) is 6.82. The zero-order chi connectivity index (χ0) is 17.3. The lowest BCUT2D eigenvalue weighted by molar-refractivity contribution is -0.137. The Balaban J connectivity index is 1.99. The van der Waals surface area contributed by atoms with Gasteiger partial charge in [-0.1, -0.05) is 0 Å². The summed E-state index contributed by atoms with van der Waals surface area (Å²) in [6.45, 7) is 1.68. The molecule has 6 nitrogen and oxygen atoms in total. The van der Waals surface area contributed by atoms with Gasteiger partial charge in [-0.05, 0) is 44.0 Å². The minimum absolute atomic E-state index is 0.118. The molecule has 1 amide bonds. The average molecular weight is 328 g/mol. The Hall–Kier alpha value is -2.63. The summed E-state index contributed by atoms with van der Waals surface area (Å²) in [5, 5.41) is 12.3. The molecule has 0 bridgehead atoms. The maximum atomic E-state index is 12.7. The predicted molar refractivity (Wildman–Crippen MR) is 89.5 cm³/mol. The SMILES string of the molecule is COc1ccc2nc(C3CC3)cc(C(=O)NC(C)CC(=O)O)c2c1. The summed E-state index contributed by atoms with van der Waals surface area (Å²) < 4.78 is 5.24. The van der Waals surface area contributed by atoms with Crippen molar-refractivity contribution < 1.29 is 19.4 Å². The molecular weight excluding hydrogens is 308 g/mol. The number of rotatable bonds is 6. The predicted octanol–water partition coefficient (Wildman–Crippen LogP) is 2.71. The first kappa shape index (κ1) is 16.2. The van der Waals surface area contributed by atoms with Crippen LogP contribution in [0.25, 0.3) is 10.9 Å². The molecular formula is C18H20N2O4. The van der Waals surface area contributed by atoms with Crippen molar-refractivity contribution >= 4 is 22.8 Å². The minimum atomic E-state index is -0.942. The third kappa shape index (κ3) is 3.48. The van der Waals surface area contributed by atoms with E-state index in [-0.39, 0.29) is 12.3 Å². The van der Waals surface area contributed by atoms with Crippen LogP contribution in [0.5, 0.6) is 5.75 Å². The monoisotopic (exact) mass is 328 g/mol. The number of nitrogens with zero attached hydrogens (tertiary/aromatic N) is 1. The van der Waals surface area contributed by atoms with Crippen LogP contribution in [0.2, 0.25) is 0 Å². The molecule has 24 heavy (non-hydrogen) atoms. The largest absolute Gasteiger partial charge is 0.497 e. The summed E-state index contributed by atoms with van der Waals surface area (Å²) in [5.41, 5.74) is 2.18. The number of aromatic nitrogens is 1. The maximum Gasteiger partial charge on any atom is 0.305 e. The number of pyridine rings is 1. The van der Waals surface area contributed by atoms with E-state index in [2.05, 4.69) is 10.3 Å². The van der Waals surface area contributed by atoms with Gasteiger partial charge in [-0.2, -0.15) is 0 Å². The standard InChI is InChI=1S/C18H20N2O4/c1-10(7-17(21)22)19-18(23)14-9-16(11-3-4-11)20-15-6-5-12(24-2)8-13(14)15/h5-6,8-11H,3-4,7H2,1-2H3,(H,19,23)(H,21,22). The number of ether oxygens (including phenoxy) is 1. The number of carboxylic acids is 1. The second-order valence-electron chi connectivity index (χ2n) is 6.22. The number of hydrogen-bond donors (Lipinski definition) is 2. The first-order chi connectivity index (χ1) is 11.5. The zero-order valence-electron chi connectivity index (χ0n) is 13.7. The molecule has 1 saturated carbocycles. The van der Waals surface area contributed by atoms with Gasteiger partial charge in [0, 0.05) is 23.0 Å². The number of amides is 1. The van der Waals surface area contributed by atoms with Crippen LogP contribution in [0, 0.1) is 0 Å². The molecule has 1 fully saturated rings. The Morgan fingerprint density at radius 1 is 1.38 bits per heavy atom. The Labute approximate surface area is 139 Å². The lowest BCUT2D eigenvalue weighted by Gasteiger charge is -2.14. The zero-order valence-corrected chi connectivity index (χ0v) is 13.7. The third-order valence-corrected chi connectivity index (χ3v) is 4.13. The van der Waals surface area contributed by atoms with Crippen LogP contribution in [0.3, 0.4) is 0 Å². The quantitative estimate of drug-likeness (QED) is 0.851. The maximum absolute atomic E-state index is 12.7. The fraction of sp³-hybridized carbons (Fsp3) is 0.389. The van der Waals surface area contributed by atoms with Crippen LogP contribution in [0.1, 0.15) is 48.2 Å². The molecule has 3 rings (SSSR count). The van der Waals surface area contributed by atoms with Crippen LogP contribution < -0.4 is 10.1 Å². The molecule has 2 N–H and O–H groups in total. The molecule has 1 unspecified atom stereocenters. The molecule has 2 aromatic rings. The second kappa shape index (κ2) is 6.47. The van der Waals surface area contributed by atoms with Crippen LogP contribution >= 0.6 is 0 Å². The number of nitrogens with one attached hydrogen (secondary N) is 1. The molecule has 1 aliphatic carbocycles. The number of methoxy groups -OCH3 is 1. The van der Waals surface area contributed by atoms with E-state index in [4.69, 9.17) is 9.84 Å². The second-order valence-corrected chi connectivity index (χ2v) is 6.22. The fourth-order valence-corrected chi connectivity index (χ4v) is 2.74. The normalized spacial score (nSPS) is 15.1. The van der Waals surface area contributed by atoms with Crippen molar-refractivity contribution in [3.63, 3.8) is 0 Å². The summed E-state index contributed by atoms with van der Waals surface area (Å²) in [5.74, 6) is -0.162. The molecule has 1 aromatic carbocycles. The average Bonchev–Trinajstić information content (AvgIpc) is 3.37. The van der Waals surface area contributed by atoms with Gasteiger partial charge in [0.2, 0.25) is 0 Å². The van der Waals surface area contributed by atoms with Gasteiger partial charge in [0.1, 0.15) is 5.75 Å². The van der Waals surface area contributed by atoms with Gasteiger partial charge in [0.15, 0.2) is 0 Å². The summed E-state index contributed by atoms with van der Waals surface area (Å²) in [7, 11) is 1.57. The van der Waals surface area contributed by atoms with Gasteiger partial charge in [-0.25, -0.2) is 0 Å². The highest BCUT2D eigenvalue weighted by Crippen LogP contribution is 2.40. The Bertz CT molecular complexity index is 799. The van der Waals surface area contributed by atoms with Crippen molar-refractivity contribution in [2.45, 2.75) is 38.1 Å². The van der Waals surface area contributed by atoms with E-state index in [0.717, 1.165) is 24.1 Å². The molecule has 1 aromatic heterocycles. The van der Waals surface area contributed by atoms with Crippen molar-refractivity contribution in [2.75, 3.05) is 7.11 Å². The number of carbonyl (C=O) groups is 2. The van der Waals surface area contributed by atoms with Crippen molar-refractivity contribution in [2.24, 2.45) is 0 Å². The highest BCUT2D eigenvalue weighted by atomic mass is 16.5. The lowest BCUT2D eigenvalue weighted by Crippen LogP contribution is -2.34. The summed E-state index contributed by atoms with van der Waals surface area (Å²) >= 11 is 0. The first-order valence-electron chi connectivity index (χ1n) is 7.99. The number of fused-ring (bicyclic) bond motifs is 1. The smallest absolute Gasteiger partial charge is 0.305 e. The Morgan fingerprint density at radius 2 is 2.12 bits per heavy atom. The fourth-order valence-electron chi connectivity index (χ4n) is 2.74. The van der Waals surface area contributed by atoms with E-state index in [9.17, 15) is 9.59 Å².